The Morgan fingerprint density at radius 3 is 2.65 bits per heavy atom. The van der Waals surface area contributed by atoms with Gasteiger partial charge in [0, 0.05) is 13.7 Å². The van der Waals surface area contributed by atoms with Gasteiger partial charge >= 0.3 is 0 Å². The number of carbonyl (C=O) groups is 1. The van der Waals surface area contributed by atoms with Crippen LogP contribution in [0.2, 0.25) is 0 Å². The van der Waals surface area contributed by atoms with Crippen LogP contribution in [-0.2, 0) is 9.53 Å². The predicted molar refractivity (Wildman–Crippen MR) is 55.9 cm³/mol. The lowest BCUT2D eigenvalue weighted by Crippen LogP contribution is -2.78. The fourth-order valence-electron chi connectivity index (χ4n) is 2.95. The summed E-state index contributed by atoms with van der Waals surface area (Å²) in [6.45, 7) is 0.673. The lowest BCUT2D eigenvalue weighted by atomic mass is 9.62. The van der Waals surface area contributed by atoms with E-state index in [2.05, 4.69) is 0 Å². The molecule has 0 aromatic rings. The molecule has 3 fully saturated rings. The van der Waals surface area contributed by atoms with E-state index in [1.807, 2.05) is 0 Å². The summed E-state index contributed by atoms with van der Waals surface area (Å²) in [5.74, 6) is -3.63. The Labute approximate surface area is 98.5 Å². The van der Waals surface area contributed by atoms with Crippen LogP contribution in [0.4, 0.5) is 8.78 Å². The number of halogens is 2. The first-order chi connectivity index (χ1) is 7.84. The molecule has 0 aromatic heterocycles. The van der Waals surface area contributed by atoms with Crippen molar-refractivity contribution in [1.82, 2.24) is 4.90 Å². The number of ether oxygens (including phenoxy) is 1. The average Bonchev–Trinajstić information content (AvgIpc) is 2.27. The van der Waals surface area contributed by atoms with Crippen LogP contribution in [0.3, 0.4) is 0 Å². The number of piperidine rings is 3. The van der Waals surface area contributed by atoms with Crippen LogP contribution >= 0.6 is 0 Å². The lowest BCUT2D eigenvalue weighted by Gasteiger charge is -2.58. The highest BCUT2D eigenvalue weighted by Crippen LogP contribution is 2.53. The average molecular weight is 249 g/mol. The van der Waals surface area contributed by atoms with E-state index in [9.17, 15) is 18.7 Å². The van der Waals surface area contributed by atoms with E-state index in [0.29, 0.717) is 6.54 Å². The van der Waals surface area contributed by atoms with Gasteiger partial charge in [-0.2, -0.15) is 0 Å². The number of carbonyl (C=O) groups excluding carboxylic acids is 1. The van der Waals surface area contributed by atoms with Crippen LogP contribution in [0.15, 0.2) is 0 Å². The van der Waals surface area contributed by atoms with Crippen molar-refractivity contribution in [3.8, 4) is 0 Å². The van der Waals surface area contributed by atoms with E-state index in [-0.39, 0.29) is 13.0 Å². The number of hydrogen-bond donors (Lipinski definition) is 1. The highest BCUT2D eigenvalue weighted by Gasteiger charge is 2.70. The Bertz CT molecular complexity index is 350. The smallest absolute Gasteiger partial charge is 0.272 e. The second-order valence-corrected chi connectivity index (χ2v) is 5.16. The Hall–Kier alpha value is -0.590. The van der Waals surface area contributed by atoms with Crippen LogP contribution in [0.1, 0.15) is 13.3 Å². The van der Waals surface area contributed by atoms with Crippen molar-refractivity contribution < 1.29 is 23.4 Å². The predicted octanol–water partition coefficient (Wildman–Crippen LogP) is 0.294. The quantitative estimate of drug-likeness (QED) is 0.781. The second-order valence-electron chi connectivity index (χ2n) is 5.16. The summed E-state index contributed by atoms with van der Waals surface area (Å²) < 4.78 is 32.7. The summed E-state index contributed by atoms with van der Waals surface area (Å²) >= 11 is 0. The third kappa shape index (κ3) is 1.41. The Morgan fingerprint density at radius 1 is 1.53 bits per heavy atom. The number of methoxy groups -OCH3 is 1. The lowest BCUT2D eigenvalue weighted by molar-refractivity contribution is -0.231. The molecule has 0 radical (unpaired) electrons. The summed E-state index contributed by atoms with van der Waals surface area (Å²) in [5.41, 5.74) is -2.97. The molecule has 0 aliphatic carbocycles. The highest BCUT2D eigenvalue weighted by atomic mass is 19.3. The molecule has 3 rings (SSSR count). The van der Waals surface area contributed by atoms with Crippen molar-refractivity contribution in [2.45, 2.75) is 24.8 Å². The van der Waals surface area contributed by atoms with Crippen molar-refractivity contribution in [2.75, 3.05) is 33.4 Å². The molecule has 4 nitrogen and oxygen atoms in total. The molecule has 3 heterocycles. The molecule has 3 atom stereocenters. The highest BCUT2D eigenvalue weighted by molar-refractivity contribution is 5.96. The number of alkyl halides is 2. The van der Waals surface area contributed by atoms with E-state index >= 15 is 0 Å². The number of ketones is 1. The maximum absolute atomic E-state index is 13.9. The van der Waals surface area contributed by atoms with Gasteiger partial charge in [-0.25, -0.2) is 8.78 Å². The second kappa shape index (κ2) is 3.70. The van der Waals surface area contributed by atoms with E-state index in [4.69, 9.17) is 4.74 Å². The van der Waals surface area contributed by atoms with E-state index in [1.165, 1.54) is 18.9 Å². The fraction of sp³-hybridized carbons (Fsp3) is 0.909. The first-order valence-electron chi connectivity index (χ1n) is 5.62. The van der Waals surface area contributed by atoms with Gasteiger partial charge < -0.3 is 9.84 Å². The monoisotopic (exact) mass is 249 g/mol. The molecule has 3 aliphatic heterocycles. The molecule has 3 aliphatic rings. The molecule has 98 valence electrons. The third-order valence-electron chi connectivity index (χ3n) is 4.25. The van der Waals surface area contributed by atoms with Crippen molar-refractivity contribution in [2.24, 2.45) is 5.41 Å². The summed E-state index contributed by atoms with van der Waals surface area (Å²) in [6, 6.07) is 0. The summed E-state index contributed by atoms with van der Waals surface area (Å²) in [5, 5.41) is 9.46. The van der Waals surface area contributed by atoms with E-state index in [1.54, 1.807) is 0 Å². The molecule has 6 heteroatoms. The van der Waals surface area contributed by atoms with Crippen LogP contribution < -0.4 is 0 Å². The SMILES string of the molecule is COCC1(CO)C(=O)C2(C)CCN1CC2(F)F. The van der Waals surface area contributed by atoms with Crippen molar-refractivity contribution in [1.29, 1.82) is 0 Å². The number of hydrogen-bond acceptors (Lipinski definition) is 4. The minimum Gasteiger partial charge on any atom is -0.394 e. The fourth-order valence-corrected chi connectivity index (χ4v) is 2.95. The number of Topliss-reactive ketones (excluding diaryl/α,β-unsaturated/α-hetero) is 1. The zero-order valence-electron chi connectivity index (χ0n) is 10.0. The summed E-state index contributed by atoms with van der Waals surface area (Å²) in [6.07, 6.45) is 0.129. The largest absolute Gasteiger partial charge is 0.394 e. The Morgan fingerprint density at radius 2 is 2.18 bits per heavy atom. The maximum atomic E-state index is 13.9. The third-order valence-corrected chi connectivity index (χ3v) is 4.25. The molecule has 17 heavy (non-hydrogen) atoms. The van der Waals surface area contributed by atoms with Crippen molar-refractivity contribution in [3.05, 3.63) is 0 Å². The number of nitrogens with zero attached hydrogens (tertiary/aromatic N) is 1. The van der Waals surface area contributed by atoms with Gasteiger partial charge in [0.2, 0.25) is 0 Å². The maximum Gasteiger partial charge on any atom is 0.272 e. The number of aliphatic hydroxyl groups is 1. The van der Waals surface area contributed by atoms with Gasteiger partial charge in [0.05, 0.1) is 25.2 Å². The molecule has 2 bridgehead atoms. The van der Waals surface area contributed by atoms with Crippen LogP contribution in [0, 0.1) is 5.41 Å². The molecule has 0 saturated carbocycles. The van der Waals surface area contributed by atoms with E-state index in [0.717, 1.165) is 0 Å². The van der Waals surface area contributed by atoms with Gasteiger partial charge in [0.25, 0.3) is 5.92 Å². The minimum atomic E-state index is -3.03. The van der Waals surface area contributed by atoms with Crippen LogP contribution in [0.5, 0.6) is 0 Å². The van der Waals surface area contributed by atoms with Crippen molar-refractivity contribution in [3.63, 3.8) is 0 Å². The van der Waals surface area contributed by atoms with Gasteiger partial charge in [0.1, 0.15) is 5.54 Å². The van der Waals surface area contributed by atoms with Crippen LogP contribution in [0.25, 0.3) is 0 Å². The van der Waals surface area contributed by atoms with Gasteiger partial charge in [-0.15, -0.1) is 0 Å². The molecular weight excluding hydrogens is 232 g/mol. The Kier molecular flexibility index (Phi) is 2.80. The molecule has 0 aromatic carbocycles. The molecule has 3 unspecified atom stereocenters. The molecule has 1 N–H and O–H groups in total. The van der Waals surface area contributed by atoms with Gasteiger partial charge in [-0.3, -0.25) is 9.69 Å². The summed E-state index contributed by atoms with van der Waals surface area (Å²) in [4.78, 5) is 13.7. The zero-order chi connectivity index (χ0) is 12.9. The van der Waals surface area contributed by atoms with Gasteiger partial charge in [0.15, 0.2) is 5.78 Å². The van der Waals surface area contributed by atoms with Gasteiger partial charge in [-0.1, -0.05) is 0 Å². The minimum absolute atomic E-state index is 0.0476. The van der Waals surface area contributed by atoms with Crippen LogP contribution in [-0.4, -0.2) is 60.7 Å². The first kappa shape index (κ1) is 12.9. The van der Waals surface area contributed by atoms with E-state index < -0.39 is 35.8 Å². The standard InChI is InChI=1S/C11H17F2NO3/c1-9-3-4-14(5-11(9,12)13)10(6-15,7-17-2)8(9)16/h15H,3-7H2,1-2H3. The topological polar surface area (TPSA) is 49.8 Å². The molecule has 0 spiro atoms. The first-order valence-corrected chi connectivity index (χ1v) is 5.62. The zero-order valence-corrected chi connectivity index (χ0v) is 10.0. The molecule has 0 amide bonds. The molecule has 3 saturated heterocycles. The number of fused-ring (bicyclic) bond motifs is 3. The van der Waals surface area contributed by atoms with Gasteiger partial charge in [-0.05, 0) is 13.3 Å². The number of aliphatic hydroxyl groups excluding tert-OH is 1. The summed E-state index contributed by atoms with van der Waals surface area (Å²) in [7, 11) is 1.40. The number of rotatable bonds is 3. The Balaban J connectivity index is 2.45. The van der Waals surface area contributed by atoms with Crippen molar-refractivity contribution >= 4 is 5.78 Å². The molecular formula is C11H17F2NO3. The normalized spacial score (nSPS) is 44.1.